The molecule has 0 amide bonds. The van der Waals surface area contributed by atoms with E-state index in [9.17, 15) is 4.79 Å². The Labute approximate surface area is 90.1 Å². The van der Waals surface area contributed by atoms with Crippen LogP contribution in [-0.4, -0.2) is 23.7 Å². The largest absolute Gasteiger partial charge is 0.481 e. The molecule has 82 valence electrons. The Hall–Kier alpha value is -1.35. The fourth-order valence-electron chi connectivity index (χ4n) is 1.61. The molecule has 0 radical (unpaired) electrons. The van der Waals surface area contributed by atoms with Crippen molar-refractivity contribution >= 4 is 5.97 Å². The second kappa shape index (κ2) is 6.19. The van der Waals surface area contributed by atoms with Gasteiger partial charge in [0.05, 0.1) is 6.42 Å². The first-order valence-corrected chi connectivity index (χ1v) is 5.21. The Morgan fingerprint density at radius 1 is 1.40 bits per heavy atom. The van der Waals surface area contributed by atoms with E-state index < -0.39 is 5.97 Å². The van der Waals surface area contributed by atoms with Gasteiger partial charge in [-0.25, -0.2) is 0 Å². The third-order valence-corrected chi connectivity index (χ3v) is 2.24. The SMILES string of the molecule is CCNC(CC(=O)O)Cc1ccccc1. The van der Waals surface area contributed by atoms with E-state index in [-0.39, 0.29) is 12.5 Å². The Morgan fingerprint density at radius 3 is 2.60 bits per heavy atom. The molecule has 0 bridgehead atoms. The molecule has 1 atom stereocenters. The van der Waals surface area contributed by atoms with Crippen LogP contribution in [0.5, 0.6) is 0 Å². The molecule has 1 aromatic carbocycles. The van der Waals surface area contributed by atoms with Crippen molar-refractivity contribution in [1.82, 2.24) is 5.32 Å². The molecule has 0 aliphatic carbocycles. The first kappa shape index (κ1) is 11.7. The van der Waals surface area contributed by atoms with E-state index >= 15 is 0 Å². The number of carboxylic acid groups (broad SMARTS) is 1. The summed E-state index contributed by atoms with van der Waals surface area (Å²) in [6.45, 7) is 2.78. The molecule has 1 rings (SSSR count). The summed E-state index contributed by atoms with van der Waals surface area (Å²) in [4.78, 5) is 10.6. The minimum absolute atomic E-state index is 0.0231. The van der Waals surface area contributed by atoms with Crippen LogP contribution < -0.4 is 5.32 Å². The van der Waals surface area contributed by atoms with E-state index in [2.05, 4.69) is 5.32 Å². The van der Waals surface area contributed by atoms with Gasteiger partial charge < -0.3 is 10.4 Å². The van der Waals surface area contributed by atoms with Gasteiger partial charge in [0, 0.05) is 6.04 Å². The number of likely N-dealkylation sites (N-methyl/N-ethyl adjacent to an activating group) is 1. The number of hydrogen-bond donors (Lipinski definition) is 2. The van der Waals surface area contributed by atoms with Gasteiger partial charge in [0.2, 0.25) is 0 Å². The molecular weight excluding hydrogens is 190 g/mol. The highest BCUT2D eigenvalue weighted by Gasteiger charge is 2.12. The number of carbonyl (C=O) groups is 1. The second-order valence-electron chi connectivity index (χ2n) is 3.54. The summed E-state index contributed by atoms with van der Waals surface area (Å²) in [5.74, 6) is -0.753. The number of nitrogens with one attached hydrogen (secondary N) is 1. The first-order chi connectivity index (χ1) is 7.22. The maximum absolute atomic E-state index is 10.6. The van der Waals surface area contributed by atoms with Crippen LogP contribution in [0.3, 0.4) is 0 Å². The van der Waals surface area contributed by atoms with E-state index in [0.29, 0.717) is 0 Å². The van der Waals surface area contributed by atoms with Crippen LogP contribution in [0.15, 0.2) is 30.3 Å². The molecule has 3 heteroatoms. The molecule has 0 aliphatic heterocycles. The second-order valence-corrected chi connectivity index (χ2v) is 3.54. The first-order valence-electron chi connectivity index (χ1n) is 5.21. The summed E-state index contributed by atoms with van der Waals surface area (Å²) in [7, 11) is 0. The zero-order valence-corrected chi connectivity index (χ0v) is 8.94. The van der Waals surface area contributed by atoms with Crippen molar-refractivity contribution in [2.24, 2.45) is 0 Å². The van der Waals surface area contributed by atoms with Gasteiger partial charge in [-0.2, -0.15) is 0 Å². The summed E-state index contributed by atoms with van der Waals surface area (Å²) in [6.07, 6.45) is 0.934. The zero-order valence-electron chi connectivity index (χ0n) is 8.94. The van der Waals surface area contributed by atoms with Gasteiger partial charge in [0.1, 0.15) is 0 Å². The van der Waals surface area contributed by atoms with Crippen LogP contribution in [0, 0.1) is 0 Å². The topological polar surface area (TPSA) is 49.3 Å². The lowest BCUT2D eigenvalue weighted by Crippen LogP contribution is -2.33. The molecule has 0 aliphatic rings. The van der Waals surface area contributed by atoms with Gasteiger partial charge in [0.25, 0.3) is 0 Å². The summed E-state index contributed by atoms with van der Waals surface area (Å²) in [5.41, 5.74) is 1.17. The molecule has 0 heterocycles. The molecule has 0 saturated heterocycles. The maximum atomic E-state index is 10.6. The summed E-state index contributed by atoms with van der Waals surface area (Å²) in [5, 5.41) is 11.9. The Kier molecular flexibility index (Phi) is 4.84. The smallest absolute Gasteiger partial charge is 0.304 e. The summed E-state index contributed by atoms with van der Waals surface area (Å²) < 4.78 is 0. The molecular formula is C12H17NO2. The Bertz CT molecular complexity index is 298. The minimum Gasteiger partial charge on any atom is -0.481 e. The molecule has 1 unspecified atom stereocenters. The lowest BCUT2D eigenvalue weighted by molar-refractivity contribution is -0.137. The molecule has 2 N–H and O–H groups in total. The fourth-order valence-corrected chi connectivity index (χ4v) is 1.61. The highest BCUT2D eigenvalue weighted by Crippen LogP contribution is 2.05. The van der Waals surface area contributed by atoms with Crippen molar-refractivity contribution in [3.05, 3.63) is 35.9 Å². The van der Waals surface area contributed by atoms with Gasteiger partial charge in [0.15, 0.2) is 0 Å². The fraction of sp³-hybridized carbons (Fsp3) is 0.417. The van der Waals surface area contributed by atoms with Crippen LogP contribution in [-0.2, 0) is 11.2 Å². The quantitative estimate of drug-likeness (QED) is 0.746. The molecule has 1 aromatic rings. The van der Waals surface area contributed by atoms with E-state index in [1.807, 2.05) is 37.3 Å². The normalized spacial score (nSPS) is 12.3. The third kappa shape index (κ3) is 4.61. The molecule has 15 heavy (non-hydrogen) atoms. The lowest BCUT2D eigenvalue weighted by atomic mass is 10.0. The van der Waals surface area contributed by atoms with E-state index in [1.54, 1.807) is 0 Å². The van der Waals surface area contributed by atoms with Crippen molar-refractivity contribution in [1.29, 1.82) is 0 Å². The summed E-state index contributed by atoms with van der Waals surface area (Å²) in [6, 6.07) is 9.97. The van der Waals surface area contributed by atoms with Crippen LogP contribution in [0.1, 0.15) is 18.9 Å². The third-order valence-electron chi connectivity index (χ3n) is 2.24. The van der Waals surface area contributed by atoms with Gasteiger partial charge in [-0.15, -0.1) is 0 Å². The van der Waals surface area contributed by atoms with Crippen molar-refractivity contribution in [3.63, 3.8) is 0 Å². The standard InChI is InChI=1S/C12H17NO2/c1-2-13-11(9-12(14)15)8-10-6-4-3-5-7-10/h3-7,11,13H,2,8-9H2,1H3,(H,14,15). The van der Waals surface area contributed by atoms with Crippen molar-refractivity contribution in [3.8, 4) is 0 Å². The number of rotatable bonds is 6. The van der Waals surface area contributed by atoms with Crippen LogP contribution in [0.25, 0.3) is 0 Å². The number of hydrogen-bond acceptors (Lipinski definition) is 2. The van der Waals surface area contributed by atoms with Gasteiger partial charge in [-0.1, -0.05) is 37.3 Å². The molecule has 0 spiro atoms. The predicted octanol–water partition coefficient (Wildman–Crippen LogP) is 1.68. The summed E-state index contributed by atoms with van der Waals surface area (Å²) >= 11 is 0. The maximum Gasteiger partial charge on any atom is 0.304 e. The van der Waals surface area contributed by atoms with E-state index in [4.69, 9.17) is 5.11 Å². The van der Waals surface area contributed by atoms with Gasteiger partial charge in [-0.3, -0.25) is 4.79 Å². The Balaban J connectivity index is 2.54. The zero-order chi connectivity index (χ0) is 11.1. The molecule has 0 fully saturated rings. The predicted molar refractivity (Wildman–Crippen MR) is 59.9 cm³/mol. The van der Waals surface area contributed by atoms with Gasteiger partial charge in [-0.05, 0) is 18.5 Å². The van der Waals surface area contributed by atoms with E-state index in [1.165, 1.54) is 5.56 Å². The van der Waals surface area contributed by atoms with Crippen LogP contribution >= 0.6 is 0 Å². The van der Waals surface area contributed by atoms with Gasteiger partial charge >= 0.3 is 5.97 Å². The Morgan fingerprint density at radius 2 is 2.07 bits per heavy atom. The number of aliphatic carboxylic acids is 1. The average molecular weight is 207 g/mol. The number of carboxylic acids is 1. The van der Waals surface area contributed by atoms with Crippen molar-refractivity contribution in [2.45, 2.75) is 25.8 Å². The van der Waals surface area contributed by atoms with E-state index in [0.717, 1.165) is 13.0 Å². The number of benzene rings is 1. The lowest BCUT2D eigenvalue weighted by Gasteiger charge is -2.15. The van der Waals surface area contributed by atoms with Crippen molar-refractivity contribution in [2.75, 3.05) is 6.54 Å². The highest BCUT2D eigenvalue weighted by molar-refractivity contribution is 5.67. The molecule has 0 aromatic heterocycles. The van der Waals surface area contributed by atoms with Crippen LogP contribution in [0.4, 0.5) is 0 Å². The average Bonchev–Trinajstić information content (AvgIpc) is 2.18. The van der Waals surface area contributed by atoms with Crippen LogP contribution in [0.2, 0.25) is 0 Å². The minimum atomic E-state index is -0.753. The molecule has 3 nitrogen and oxygen atoms in total. The van der Waals surface area contributed by atoms with Crippen molar-refractivity contribution < 1.29 is 9.90 Å². The molecule has 0 saturated carbocycles. The highest BCUT2D eigenvalue weighted by atomic mass is 16.4. The monoisotopic (exact) mass is 207 g/mol.